The van der Waals surface area contributed by atoms with Gasteiger partial charge in [-0.25, -0.2) is 4.98 Å². The van der Waals surface area contributed by atoms with Crippen molar-refractivity contribution < 1.29 is 9.53 Å². The Kier molecular flexibility index (Phi) is 4.64. The lowest BCUT2D eigenvalue weighted by atomic mass is 10.1. The van der Waals surface area contributed by atoms with Gasteiger partial charge in [0.25, 0.3) is 5.91 Å². The van der Waals surface area contributed by atoms with Crippen LogP contribution in [0.3, 0.4) is 0 Å². The Hall–Kier alpha value is -1.67. The standard InChI is InChI=1S/C17H19ClN4O2S/c18-11-3-1-10(2-4-11)14-8-22-7-12(5-13(22)9-24-14)21-16(23)15-6-20-17(19)25-15/h1-4,6,12-14H,5,7-9H2,(H2,19,20)(H,21,23)/t12-,13-,14+/m0/s1. The van der Waals surface area contributed by atoms with Gasteiger partial charge in [0.05, 0.1) is 18.9 Å². The van der Waals surface area contributed by atoms with Gasteiger partial charge in [0.2, 0.25) is 0 Å². The average Bonchev–Trinajstić information content (AvgIpc) is 3.20. The number of halogens is 1. The summed E-state index contributed by atoms with van der Waals surface area (Å²) in [5.41, 5.74) is 6.73. The SMILES string of the molecule is Nc1ncc(C(=O)N[C@H]2C[C@H]3CO[C@@H](c4ccc(Cl)cc4)CN3C2)s1. The number of morpholine rings is 1. The number of fused-ring (bicyclic) bond motifs is 1. The number of carbonyl (C=O) groups excluding carboxylic acids is 1. The zero-order valence-electron chi connectivity index (χ0n) is 13.5. The fourth-order valence-corrected chi connectivity index (χ4v) is 4.22. The van der Waals surface area contributed by atoms with Gasteiger partial charge in [0.15, 0.2) is 5.13 Å². The summed E-state index contributed by atoms with van der Waals surface area (Å²) >= 11 is 7.17. The van der Waals surface area contributed by atoms with Crippen molar-refractivity contribution in [1.29, 1.82) is 0 Å². The molecular weight excluding hydrogens is 360 g/mol. The second-order valence-electron chi connectivity index (χ2n) is 6.45. The Labute approximate surface area is 154 Å². The van der Waals surface area contributed by atoms with Crippen molar-refractivity contribution in [3.05, 3.63) is 45.9 Å². The molecule has 2 saturated heterocycles. The van der Waals surface area contributed by atoms with E-state index in [2.05, 4.69) is 15.2 Å². The molecule has 1 aromatic carbocycles. The third-order valence-corrected chi connectivity index (χ3v) is 5.82. The van der Waals surface area contributed by atoms with Gasteiger partial charge in [-0.2, -0.15) is 0 Å². The molecule has 3 heterocycles. The van der Waals surface area contributed by atoms with Gasteiger partial charge in [0.1, 0.15) is 4.88 Å². The Morgan fingerprint density at radius 1 is 1.36 bits per heavy atom. The molecule has 25 heavy (non-hydrogen) atoms. The van der Waals surface area contributed by atoms with Crippen LogP contribution in [0.5, 0.6) is 0 Å². The van der Waals surface area contributed by atoms with E-state index in [1.807, 2.05) is 24.3 Å². The van der Waals surface area contributed by atoms with Crippen LogP contribution in [0.2, 0.25) is 5.02 Å². The van der Waals surface area contributed by atoms with Crippen molar-refractivity contribution in [3.8, 4) is 0 Å². The lowest BCUT2D eigenvalue weighted by Gasteiger charge is -2.35. The van der Waals surface area contributed by atoms with E-state index in [0.29, 0.717) is 22.7 Å². The molecule has 1 amide bonds. The van der Waals surface area contributed by atoms with Crippen LogP contribution in [0.1, 0.15) is 27.8 Å². The van der Waals surface area contributed by atoms with E-state index in [0.717, 1.165) is 30.1 Å². The van der Waals surface area contributed by atoms with Gasteiger partial charge >= 0.3 is 0 Å². The summed E-state index contributed by atoms with van der Waals surface area (Å²) < 4.78 is 6.04. The molecule has 3 N–H and O–H groups in total. The van der Waals surface area contributed by atoms with Crippen molar-refractivity contribution in [2.45, 2.75) is 24.6 Å². The molecular formula is C17H19ClN4O2S. The summed E-state index contributed by atoms with van der Waals surface area (Å²) in [5.74, 6) is -0.103. The molecule has 8 heteroatoms. The van der Waals surface area contributed by atoms with E-state index in [1.165, 1.54) is 17.5 Å². The van der Waals surface area contributed by atoms with Crippen molar-refractivity contribution in [1.82, 2.24) is 15.2 Å². The lowest BCUT2D eigenvalue weighted by Crippen LogP contribution is -2.43. The fraction of sp³-hybridized carbons (Fsp3) is 0.412. The van der Waals surface area contributed by atoms with Crippen LogP contribution in [-0.4, -0.2) is 47.6 Å². The maximum atomic E-state index is 12.3. The van der Waals surface area contributed by atoms with Gasteiger partial charge in [-0.1, -0.05) is 35.1 Å². The van der Waals surface area contributed by atoms with E-state index < -0.39 is 0 Å². The van der Waals surface area contributed by atoms with E-state index >= 15 is 0 Å². The molecule has 0 spiro atoms. The second kappa shape index (κ2) is 6.92. The Balaban J connectivity index is 1.36. The van der Waals surface area contributed by atoms with Crippen LogP contribution >= 0.6 is 22.9 Å². The molecule has 0 saturated carbocycles. The van der Waals surface area contributed by atoms with E-state index in [4.69, 9.17) is 22.1 Å². The van der Waals surface area contributed by atoms with Crippen LogP contribution in [0.4, 0.5) is 5.13 Å². The summed E-state index contributed by atoms with van der Waals surface area (Å²) in [6.45, 7) is 2.33. The molecule has 6 nitrogen and oxygen atoms in total. The predicted octanol–water partition coefficient (Wildman–Crippen LogP) is 2.32. The van der Waals surface area contributed by atoms with Crippen LogP contribution in [-0.2, 0) is 4.74 Å². The van der Waals surface area contributed by atoms with Gasteiger partial charge < -0.3 is 15.8 Å². The van der Waals surface area contributed by atoms with Crippen LogP contribution < -0.4 is 11.1 Å². The van der Waals surface area contributed by atoms with Gasteiger partial charge in [0, 0.05) is 30.2 Å². The molecule has 0 bridgehead atoms. The minimum Gasteiger partial charge on any atom is -0.375 e. The number of nitrogens with two attached hydrogens (primary N) is 1. The summed E-state index contributed by atoms with van der Waals surface area (Å²) in [4.78, 5) is 19.2. The topological polar surface area (TPSA) is 80.5 Å². The van der Waals surface area contributed by atoms with Crippen LogP contribution in [0.15, 0.2) is 30.5 Å². The lowest BCUT2D eigenvalue weighted by molar-refractivity contribution is -0.0502. The first kappa shape index (κ1) is 16.8. The Morgan fingerprint density at radius 2 is 2.16 bits per heavy atom. The minimum absolute atomic E-state index is 0.0456. The molecule has 2 fully saturated rings. The number of aromatic nitrogens is 1. The molecule has 1 aromatic heterocycles. The Bertz CT molecular complexity index is 766. The van der Waals surface area contributed by atoms with E-state index in [9.17, 15) is 4.79 Å². The van der Waals surface area contributed by atoms with Crippen LogP contribution in [0.25, 0.3) is 0 Å². The Morgan fingerprint density at radius 3 is 2.88 bits per heavy atom. The number of ether oxygens (including phenoxy) is 1. The van der Waals surface area contributed by atoms with Crippen LogP contribution in [0, 0.1) is 0 Å². The third kappa shape index (κ3) is 3.64. The van der Waals surface area contributed by atoms with Crippen molar-refractivity contribution in [2.24, 2.45) is 0 Å². The van der Waals surface area contributed by atoms with Gasteiger partial charge in [-0.3, -0.25) is 9.69 Å². The number of hydrogen-bond donors (Lipinski definition) is 2. The number of nitrogens with zero attached hydrogens (tertiary/aromatic N) is 2. The zero-order chi connectivity index (χ0) is 17.4. The van der Waals surface area contributed by atoms with Crippen molar-refractivity contribution in [3.63, 3.8) is 0 Å². The number of nitrogens with one attached hydrogen (secondary N) is 1. The number of nitrogen functional groups attached to an aromatic ring is 1. The molecule has 0 unspecified atom stereocenters. The second-order valence-corrected chi connectivity index (χ2v) is 7.95. The van der Waals surface area contributed by atoms with Crippen molar-refractivity contribution in [2.75, 3.05) is 25.4 Å². The molecule has 3 atom stereocenters. The number of thiazole rings is 1. The fourth-order valence-electron chi connectivity index (χ4n) is 3.51. The maximum absolute atomic E-state index is 12.3. The molecule has 0 radical (unpaired) electrons. The largest absolute Gasteiger partial charge is 0.375 e. The normalized spacial score (nSPS) is 26.4. The third-order valence-electron chi connectivity index (χ3n) is 4.74. The number of amides is 1. The molecule has 2 aromatic rings. The van der Waals surface area contributed by atoms with E-state index in [1.54, 1.807) is 0 Å². The highest BCUT2D eigenvalue weighted by Gasteiger charge is 2.38. The van der Waals surface area contributed by atoms with E-state index in [-0.39, 0.29) is 18.1 Å². The molecule has 0 aliphatic carbocycles. The predicted molar refractivity (Wildman–Crippen MR) is 97.9 cm³/mol. The summed E-state index contributed by atoms with van der Waals surface area (Å²) in [7, 11) is 0. The van der Waals surface area contributed by atoms with Crippen molar-refractivity contribution >= 4 is 34.0 Å². The maximum Gasteiger partial charge on any atom is 0.263 e. The smallest absolute Gasteiger partial charge is 0.263 e. The quantitative estimate of drug-likeness (QED) is 0.856. The van der Waals surface area contributed by atoms with Gasteiger partial charge in [-0.05, 0) is 24.1 Å². The summed E-state index contributed by atoms with van der Waals surface area (Å²) in [6, 6.07) is 8.27. The summed E-state index contributed by atoms with van der Waals surface area (Å²) in [5, 5.41) is 4.23. The first-order valence-corrected chi connectivity index (χ1v) is 9.41. The zero-order valence-corrected chi connectivity index (χ0v) is 15.1. The number of rotatable bonds is 3. The first-order chi connectivity index (χ1) is 12.1. The monoisotopic (exact) mass is 378 g/mol. The molecule has 2 aliphatic rings. The highest BCUT2D eigenvalue weighted by atomic mass is 35.5. The molecule has 132 valence electrons. The minimum atomic E-state index is -0.103. The number of hydrogen-bond acceptors (Lipinski definition) is 6. The number of benzene rings is 1. The highest BCUT2D eigenvalue weighted by molar-refractivity contribution is 7.17. The first-order valence-electron chi connectivity index (χ1n) is 8.22. The number of anilines is 1. The highest BCUT2D eigenvalue weighted by Crippen LogP contribution is 2.31. The average molecular weight is 379 g/mol. The summed E-state index contributed by atoms with van der Waals surface area (Å²) in [6.07, 6.45) is 2.47. The van der Waals surface area contributed by atoms with Gasteiger partial charge in [-0.15, -0.1) is 0 Å². The number of carbonyl (C=O) groups is 1. The molecule has 4 rings (SSSR count). The molecule has 2 aliphatic heterocycles.